The van der Waals surface area contributed by atoms with E-state index in [0.29, 0.717) is 5.06 Å². The van der Waals surface area contributed by atoms with Gasteiger partial charge in [0.2, 0.25) is 0 Å². The molecular formula is C23H19N3O2. The number of nitrogens with one attached hydrogen (secondary N) is 1. The van der Waals surface area contributed by atoms with Gasteiger partial charge >= 0.3 is 6.03 Å². The smallest absolute Gasteiger partial charge is 0.339 e. The van der Waals surface area contributed by atoms with Crippen molar-refractivity contribution in [1.82, 2.24) is 10.0 Å². The van der Waals surface area contributed by atoms with Crippen LogP contribution in [0.4, 0.5) is 4.79 Å². The zero-order valence-electron chi connectivity index (χ0n) is 15.3. The number of primary amides is 1. The zero-order valence-corrected chi connectivity index (χ0v) is 15.3. The summed E-state index contributed by atoms with van der Waals surface area (Å²) in [6.45, 7) is 1.75. The number of H-pyrrole nitrogens is 1. The van der Waals surface area contributed by atoms with Gasteiger partial charge in [0.15, 0.2) is 0 Å². The summed E-state index contributed by atoms with van der Waals surface area (Å²) in [5, 5.41) is 17.4. The molecule has 5 nitrogen and oxygen atoms in total. The summed E-state index contributed by atoms with van der Waals surface area (Å²) >= 11 is 0. The molecule has 0 bridgehead atoms. The van der Waals surface area contributed by atoms with Crippen molar-refractivity contribution in [2.75, 3.05) is 0 Å². The zero-order chi connectivity index (χ0) is 19.4. The van der Waals surface area contributed by atoms with Crippen LogP contribution in [0.2, 0.25) is 0 Å². The lowest BCUT2D eigenvalue weighted by atomic mass is 9.94. The van der Waals surface area contributed by atoms with Crippen LogP contribution in [0.3, 0.4) is 0 Å². The Bertz CT molecular complexity index is 1390. The van der Waals surface area contributed by atoms with Crippen molar-refractivity contribution in [3.63, 3.8) is 0 Å². The second-order valence-electron chi connectivity index (χ2n) is 7.13. The van der Waals surface area contributed by atoms with Crippen molar-refractivity contribution in [3.05, 3.63) is 72.3 Å². The number of nitrogens with zero attached hydrogens (tertiary/aromatic N) is 1. The summed E-state index contributed by atoms with van der Waals surface area (Å²) in [5.74, 6) is 0. The molecule has 28 heavy (non-hydrogen) atoms. The maximum Gasteiger partial charge on any atom is 0.339 e. The van der Waals surface area contributed by atoms with E-state index in [4.69, 9.17) is 5.73 Å². The molecule has 0 fully saturated rings. The van der Waals surface area contributed by atoms with Crippen molar-refractivity contribution in [2.24, 2.45) is 5.73 Å². The number of fused-ring (bicyclic) bond motifs is 8. The number of aromatic amines is 1. The predicted octanol–water partition coefficient (Wildman–Crippen LogP) is 5.46. The van der Waals surface area contributed by atoms with E-state index in [2.05, 4.69) is 35.3 Å². The Morgan fingerprint density at radius 3 is 2.36 bits per heavy atom. The fourth-order valence-corrected chi connectivity index (χ4v) is 4.15. The van der Waals surface area contributed by atoms with E-state index in [-0.39, 0.29) is 0 Å². The highest BCUT2D eigenvalue weighted by atomic mass is 16.5. The van der Waals surface area contributed by atoms with Crippen LogP contribution in [0.1, 0.15) is 18.5 Å². The number of hydrogen-bond acceptors (Lipinski definition) is 2. The van der Waals surface area contributed by atoms with Gasteiger partial charge in [-0.15, -0.1) is 0 Å². The third-order valence-electron chi connectivity index (χ3n) is 5.58. The molecule has 0 saturated heterocycles. The van der Waals surface area contributed by atoms with Crippen molar-refractivity contribution in [3.8, 4) is 0 Å². The van der Waals surface area contributed by atoms with Crippen LogP contribution >= 0.6 is 0 Å². The summed E-state index contributed by atoms with van der Waals surface area (Å²) in [5.41, 5.74) is 8.27. The lowest BCUT2D eigenvalue weighted by Gasteiger charge is -2.21. The molecule has 4 N–H and O–H groups in total. The maximum absolute atomic E-state index is 11.4. The van der Waals surface area contributed by atoms with Crippen molar-refractivity contribution < 1.29 is 10.0 Å². The first-order valence-corrected chi connectivity index (χ1v) is 9.18. The molecule has 2 amide bonds. The molecule has 5 rings (SSSR count). The van der Waals surface area contributed by atoms with E-state index in [1.807, 2.05) is 36.4 Å². The van der Waals surface area contributed by atoms with Crippen LogP contribution in [0.25, 0.3) is 43.4 Å². The highest BCUT2D eigenvalue weighted by molar-refractivity contribution is 6.31. The molecule has 0 aliphatic carbocycles. The molecule has 1 unspecified atom stereocenters. The molecule has 1 heterocycles. The Balaban J connectivity index is 1.92. The Morgan fingerprint density at radius 2 is 1.61 bits per heavy atom. The molecule has 138 valence electrons. The molecular weight excluding hydrogens is 350 g/mol. The summed E-state index contributed by atoms with van der Waals surface area (Å²) in [6.07, 6.45) is 0. The minimum atomic E-state index is -0.871. The average Bonchev–Trinajstić information content (AvgIpc) is 3.12. The third kappa shape index (κ3) is 2.27. The number of urea groups is 1. The molecule has 0 aliphatic heterocycles. The Labute approximate surface area is 160 Å². The fraction of sp³-hybridized carbons (Fsp3) is 0.0870. The van der Waals surface area contributed by atoms with Gasteiger partial charge in [-0.1, -0.05) is 54.6 Å². The summed E-state index contributed by atoms with van der Waals surface area (Å²) in [7, 11) is 0. The second kappa shape index (κ2) is 5.97. The van der Waals surface area contributed by atoms with Crippen LogP contribution < -0.4 is 5.73 Å². The monoisotopic (exact) mass is 369 g/mol. The van der Waals surface area contributed by atoms with Gasteiger partial charge in [0, 0.05) is 21.7 Å². The number of para-hydroxylation sites is 1. The first kappa shape index (κ1) is 16.6. The number of amides is 2. The van der Waals surface area contributed by atoms with Gasteiger partial charge in [-0.3, -0.25) is 5.21 Å². The number of carbonyl (C=O) groups excluding carboxylic acids is 1. The Hall–Kier alpha value is -3.57. The van der Waals surface area contributed by atoms with E-state index < -0.39 is 12.1 Å². The van der Waals surface area contributed by atoms with Gasteiger partial charge in [0.25, 0.3) is 0 Å². The molecule has 0 saturated carbocycles. The van der Waals surface area contributed by atoms with E-state index in [0.717, 1.165) is 38.1 Å². The first-order chi connectivity index (χ1) is 13.6. The molecule has 1 atom stereocenters. The number of nitrogens with two attached hydrogens (primary N) is 1. The third-order valence-corrected chi connectivity index (χ3v) is 5.58. The number of hydrogen-bond donors (Lipinski definition) is 3. The standard InChI is InChI=1S/C23H19N3O2/c1-13(26(28)23(24)27)14-10-11-16-19(12-14)15-6-2-3-7-17(15)22-21(16)18-8-4-5-9-20(18)25-22/h2-13,25,28H,1H3,(H2,24,27). The highest BCUT2D eigenvalue weighted by Gasteiger charge is 2.19. The van der Waals surface area contributed by atoms with Crippen molar-refractivity contribution in [2.45, 2.75) is 13.0 Å². The number of hydroxylamine groups is 2. The van der Waals surface area contributed by atoms with Gasteiger partial charge in [-0.05, 0) is 40.8 Å². The van der Waals surface area contributed by atoms with Crippen molar-refractivity contribution in [1.29, 1.82) is 0 Å². The number of rotatable bonds is 2. The first-order valence-electron chi connectivity index (χ1n) is 9.18. The lowest BCUT2D eigenvalue weighted by molar-refractivity contribution is -0.0709. The quantitative estimate of drug-likeness (QED) is 0.219. The number of benzene rings is 4. The molecule has 1 aromatic heterocycles. The van der Waals surface area contributed by atoms with Gasteiger partial charge in [0.1, 0.15) is 0 Å². The maximum atomic E-state index is 11.4. The van der Waals surface area contributed by atoms with Crippen LogP contribution in [0.15, 0.2) is 66.7 Å². The van der Waals surface area contributed by atoms with Gasteiger partial charge in [0.05, 0.1) is 11.6 Å². The molecule has 5 aromatic rings. The normalized spacial score (nSPS) is 12.8. The minimum Gasteiger partial charge on any atom is -0.354 e. The van der Waals surface area contributed by atoms with E-state index in [9.17, 15) is 10.0 Å². The van der Waals surface area contributed by atoms with Crippen LogP contribution in [0, 0.1) is 0 Å². The lowest BCUT2D eigenvalue weighted by Crippen LogP contribution is -2.34. The summed E-state index contributed by atoms with van der Waals surface area (Å²) in [6, 6.07) is 21.2. The SMILES string of the molecule is CC(c1ccc2c(c1)c1ccccc1c1[nH]c3ccccc3c21)N(O)C(N)=O. The van der Waals surface area contributed by atoms with E-state index >= 15 is 0 Å². The summed E-state index contributed by atoms with van der Waals surface area (Å²) in [4.78, 5) is 14.9. The number of aromatic nitrogens is 1. The van der Waals surface area contributed by atoms with Crippen LogP contribution in [-0.4, -0.2) is 21.3 Å². The van der Waals surface area contributed by atoms with E-state index in [1.165, 1.54) is 10.8 Å². The molecule has 4 aromatic carbocycles. The largest absolute Gasteiger partial charge is 0.354 e. The molecule has 0 radical (unpaired) electrons. The van der Waals surface area contributed by atoms with Gasteiger partial charge in [-0.2, -0.15) is 5.06 Å². The second-order valence-corrected chi connectivity index (χ2v) is 7.13. The van der Waals surface area contributed by atoms with E-state index in [1.54, 1.807) is 6.92 Å². The Kier molecular flexibility index (Phi) is 3.54. The number of carbonyl (C=O) groups is 1. The van der Waals surface area contributed by atoms with Crippen LogP contribution in [0.5, 0.6) is 0 Å². The summed E-state index contributed by atoms with van der Waals surface area (Å²) < 4.78 is 0. The van der Waals surface area contributed by atoms with Gasteiger partial charge < -0.3 is 10.7 Å². The highest BCUT2D eigenvalue weighted by Crippen LogP contribution is 2.39. The molecule has 0 spiro atoms. The molecule has 0 aliphatic rings. The Morgan fingerprint density at radius 1 is 0.929 bits per heavy atom. The van der Waals surface area contributed by atoms with Crippen molar-refractivity contribution >= 4 is 49.4 Å². The fourth-order valence-electron chi connectivity index (χ4n) is 4.15. The van der Waals surface area contributed by atoms with Crippen LogP contribution in [-0.2, 0) is 0 Å². The average molecular weight is 369 g/mol. The topological polar surface area (TPSA) is 82.3 Å². The molecule has 5 heteroatoms. The van der Waals surface area contributed by atoms with Gasteiger partial charge in [-0.25, -0.2) is 4.79 Å². The predicted molar refractivity (Wildman–Crippen MR) is 112 cm³/mol. The minimum absolute atomic E-state index is 0.542.